The number of fused-ring (bicyclic) bond motifs is 2. The Labute approximate surface area is 129 Å². The molecular weight excluding hydrogens is 278 g/mol. The molecule has 2 aromatic rings. The van der Waals surface area contributed by atoms with Gasteiger partial charge in [-0.3, -0.25) is 4.79 Å². The molecule has 0 bridgehead atoms. The highest BCUT2D eigenvalue weighted by atomic mass is 16.5. The molecule has 0 fully saturated rings. The molecule has 2 aliphatic heterocycles. The Morgan fingerprint density at radius 3 is 3.14 bits per heavy atom. The van der Waals surface area contributed by atoms with Crippen LogP contribution in [0.25, 0.3) is 0 Å². The Hall–Kier alpha value is -2.30. The van der Waals surface area contributed by atoms with Gasteiger partial charge in [0.25, 0.3) is 5.91 Å². The number of para-hydroxylation sites is 1. The smallest absolute Gasteiger partial charge is 0.271 e. The van der Waals surface area contributed by atoms with Crippen LogP contribution < -0.4 is 10.1 Å². The molecule has 1 N–H and O–H groups in total. The number of carbonyl (C=O) groups excluding carboxylic acids is 1. The van der Waals surface area contributed by atoms with Crippen LogP contribution in [0.5, 0.6) is 5.75 Å². The van der Waals surface area contributed by atoms with Crippen LogP contribution >= 0.6 is 0 Å². The maximum absolute atomic E-state index is 12.4. The molecule has 2 aliphatic rings. The number of aromatic nitrogens is 2. The minimum Gasteiger partial charge on any atom is -0.491 e. The van der Waals surface area contributed by atoms with Gasteiger partial charge in [-0.05, 0) is 30.9 Å². The fourth-order valence-electron chi connectivity index (χ4n) is 3.20. The van der Waals surface area contributed by atoms with Gasteiger partial charge in [0.1, 0.15) is 23.9 Å². The van der Waals surface area contributed by atoms with Crippen molar-refractivity contribution in [3.63, 3.8) is 0 Å². The lowest BCUT2D eigenvalue weighted by Gasteiger charge is -2.25. The number of ether oxygens (including phenoxy) is 1. The second-order valence-electron chi connectivity index (χ2n) is 5.99. The third-order valence-electron chi connectivity index (χ3n) is 4.36. The van der Waals surface area contributed by atoms with Crippen molar-refractivity contribution in [3.05, 3.63) is 47.5 Å². The highest BCUT2D eigenvalue weighted by molar-refractivity contribution is 5.92. The summed E-state index contributed by atoms with van der Waals surface area (Å²) in [6.07, 6.45) is 5.97. The van der Waals surface area contributed by atoms with E-state index < -0.39 is 0 Å². The van der Waals surface area contributed by atoms with E-state index in [9.17, 15) is 4.79 Å². The topological polar surface area (TPSA) is 56.1 Å². The zero-order valence-electron chi connectivity index (χ0n) is 12.4. The molecule has 0 aliphatic carbocycles. The predicted molar refractivity (Wildman–Crippen MR) is 82.1 cm³/mol. The lowest BCUT2D eigenvalue weighted by molar-refractivity contribution is 0.0910. The third kappa shape index (κ3) is 2.47. The Morgan fingerprint density at radius 2 is 2.23 bits per heavy atom. The molecular formula is C17H19N3O2. The van der Waals surface area contributed by atoms with Crippen molar-refractivity contribution in [2.45, 2.75) is 38.3 Å². The lowest BCUT2D eigenvalue weighted by Crippen LogP contribution is -2.42. The van der Waals surface area contributed by atoms with Gasteiger partial charge in [-0.15, -0.1) is 0 Å². The van der Waals surface area contributed by atoms with Gasteiger partial charge in [-0.2, -0.15) is 0 Å². The van der Waals surface area contributed by atoms with Gasteiger partial charge in [0, 0.05) is 19.2 Å². The first-order valence-electron chi connectivity index (χ1n) is 7.87. The van der Waals surface area contributed by atoms with Gasteiger partial charge in [0.05, 0.1) is 6.04 Å². The number of benzene rings is 1. The maximum atomic E-state index is 12.4. The largest absolute Gasteiger partial charge is 0.491 e. The maximum Gasteiger partial charge on any atom is 0.271 e. The molecule has 0 saturated carbocycles. The zero-order valence-corrected chi connectivity index (χ0v) is 12.4. The first kappa shape index (κ1) is 13.4. The van der Waals surface area contributed by atoms with Crippen molar-refractivity contribution < 1.29 is 9.53 Å². The second kappa shape index (κ2) is 5.48. The minimum atomic E-state index is -0.102. The quantitative estimate of drug-likeness (QED) is 0.922. The molecule has 3 heterocycles. The summed E-state index contributed by atoms with van der Waals surface area (Å²) in [6, 6.07) is 7.98. The molecule has 114 valence electrons. The number of nitrogens with one attached hydrogen (secondary N) is 1. The first-order chi connectivity index (χ1) is 10.8. The fourth-order valence-corrected chi connectivity index (χ4v) is 3.20. The predicted octanol–water partition coefficient (Wildman–Crippen LogP) is 1.95. The molecule has 1 aromatic heterocycles. The molecule has 22 heavy (non-hydrogen) atoms. The fraction of sp³-hybridized carbons (Fsp3) is 0.412. The van der Waals surface area contributed by atoms with Crippen LogP contribution in [0.1, 0.15) is 34.7 Å². The van der Waals surface area contributed by atoms with Gasteiger partial charge in [-0.1, -0.05) is 18.2 Å². The monoisotopic (exact) mass is 297 g/mol. The number of rotatable bonds is 2. The van der Waals surface area contributed by atoms with E-state index in [0.717, 1.165) is 49.4 Å². The van der Waals surface area contributed by atoms with Crippen LogP contribution in [0.15, 0.2) is 30.5 Å². The van der Waals surface area contributed by atoms with Crippen LogP contribution in [-0.2, 0) is 19.4 Å². The van der Waals surface area contributed by atoms with E-state index in [-0.39, 0.29) is 11.9 Å². The summed E-state index contributed by atoms with van der Waals surface area (Å²) in [5, 5.41) is 3.05. The van der Waals surface area contributed by atoms with E-state index in [1.54, 1.807) is 0 Å². The van der Waals surface area contributed by atoms with Gasteiger partial charge in [0.2, 0.25) is 0 Å². The summed E-state index contributed by atoms with van der Waals surface area (Å²) in [4.78, 5) is 16.9. The molecule has 5 nitrogen and oxygen atoms in total. The van der Waals surface area contributed by atoms with Crippen molar-refractivity contribution in [2.24, 2.45) is 0 Å². The van der Waals surface area contributed by atoms with Crippen molar-refractivity contribution in [1.82, 2.24) is 14.9 Å². The van der Waals surface area contributed by atoms with E-state index in [2.05, 4.69) is 14.9 Å². The Bertz CT molecular complexity index is 684. The second-order valence-corrected chi connectivity index (χ2v) is 5.99. The molecule has 4 rings (SSSR count). The van der Waals surface area contributed by atoms with E-state index in [4.69, 9.17) is 4.74 Å². The van der Waals surface area contributed by atoms with E-state index in [1.807, 2.05) is 30.5 Å². The summed E-state index contributed by atoms with van der Waals surface area (Å²) < 4.78 is 7.82. The summed E-state index contributed by atoms with van der Waals surface area (Å²) in [7, 11) is 0. The van der Waals surface area contributed by atoms with Gasteiger partial charge in [0.15, 0.2) is 0 Å². The highest BCUT2D eigenvalue weighted by Crippen LogP contribution is 2.24. The Balaban J connectivity index is 1.45. The molecule has 1 aromatic carbocycles. The van der Waals surface area contributed by atoms with Crippen LogP contribution in [0.4, 0.5) is 0 Å². The standard InChI is InChI=1S/C17H19N3O2/c21-17(14-10-20-8-4-3-7-16(20)19-14)18-13-9-12-5-1-2-6-15(12)22-11-13/h1-2,5-6,10,13H,3-4,7-9,11H2,(H,18,21)/t13-/m1/s1. The molecule has 1 atom stereocenters. The van der Waals surface area contributed by atoms with Gasteiger partial charge in [-0.25, -0.2) is 4.98 Å². The number of nitrogens with zero attached hydrogens (tertiary/aromatic N) is 2. The van der Waals surface area contributed by atoms with Gasteiger partial charge >= 0.3 is 0 Å². The number of aryl methyl sites for hydroxylation is 2. The van der Waals surface area contributed by atoms with E-state index in [0.29, 0.717) is 12.3 Å². The number of hydrogen-bond acceptors (Lipinski definition) is 3. The summed E-state index contributed by atoms with van der Waals surface area (Å²) in [5.41, 5.74) is 1.67. The van der Waals surface area contributed by atoms with Crippen LogP contribution in [0.3, 0.4) is 0 Å². The number of carbonyl (C=O) groups is 1. The van der Waals surface area contributed by atoms with Crippen molar-refractivity contribution in [1.29, 1.82) is 0 Å². The summed E-state index contributed by atoms with van der Waals surface area (Å²) in [6.45, 7) is 1.48. The number of amides is 1. The Kier molecular flexibility index (Phi) is 3.33. The normalized spacial score (nSPS) is 19.7. The molecule has 5 heteroatoms. The van der Waals surface area contributed by atoms with Gasteiger partial charge < -0.3 is 14.6 Å². The summed E-state index contributed by atoms with van der Waals surface area (Å²) >= 11 is 0. The van der Waals surface area contributed by atoms with E-state index >= 15 is 0 Å². The zero-order chi connectivity index (χ0) is 14.9. The minimum absolute atomic E-state index is 0.00104. The number of imidazole rings is 1. The van der Waals surface area contributed by atoms with E-state index in [1.165, 1.54) is 0 Å². The first-order valence-corrected chi connectivity index (χ1v) is 7.87. The molecule has 1 amide bonds. The molecule has 0 saturated heterocycles. The molecule has 0 unspecified atom stereocenters. The van der Waals surface area contributed by atoms with Crippen LogP contribution in [0, 0.1) is 0 Å². The van der Waals surface area contributed by atoms with Crippen molar-refractivity contribution in [2.75, 3.05) is 6.61 Å². The Morgan fingerprint density at radius 1 is 1.32 bits per heavy atom. The molecule has 0 radical (unpaired) electrons. The number of hydrogen-bond donors (Lipinski definition) is 1. The van der Waals surface area contributed by atoms with Crippen LogP contribution in [0.2, 0.25) is 0 Å². The van der Waals surface area contributed by atoms with Crippen molar-refractivity contribution in [3.8, 4) is 5.75 Å². The average molecular weight is 297 g/mol. The third-order valence-corrected chi connectivity index (χ3v) is 4.36. The SMILES string of the molecule is O=C(N[C@H]1COc2ccccc2C1)c1cn2c(n1)CCCC2. The van der Waals surface area contributed by atoms with Crippen molar-refractivity contribution >= 4 is 5.91 Å². The van der Waals surface area contributed by atoms with Crippen LogP contribution in [-0.4, -0.2) is 28.1 Å². The average Bonchev–Trinajstić information content (AvgIpc) is 2.99. The lowest BCUT2D eigenvalue weighted by atomic mass is 10.0. The highest BCUT2D eigenvalue weighted by Gasteiger charge is 2.23. The molecule has 0 spiro atoms. The summed E-state index contributed by atoms with van der Waals surface area (Å²) in [5.74, 6) is 1.85.